The molecule has 2 rings (SSSR count). The lowest BCUT2D eigenvalue weighted by molar-refractivity contribution is -0.181. The Morgan fingerprint density at radius 1 is 0.800 bits per heavy atom. The minimum absolute atomic E-state index is 0.0121. The molecular weight excluding hydrogens is 612 g/mol. The van der Waals surface area contributed by atoms with Crippen LogP contribution < -0.4 is 0 Å². The third-order valence-electron chi connectivity index (χ3n) is 9.71. The van der Waals surface area contributed by atoms with E-state index in [1.165, 1.54) is 19.3 Å². The topological polar surface area (TPSA) is 197 Å². The number of esters is 3. The van der Waals surface area contributed by atoms with Crippen molar-refractivity contribution in [2.45, 2.75) is 64.6 Å². The SMILES string of the molecule is COC(=O)C1C(C=C(CO)C(=O)OCC2(O)CCC(C(C)C)C(C=C(CO)C(=O)O)C2C(=O)OC)C(C(C)C)CCC1(O)CCl. The van der Waals surface area contributed by atoms with Crippen LogP contribution in [0.15, 0.2) is 23.3 Å². The first-order valence-electron chi connectivity index (χ1n) is 15.3. The number of hydrogen-bond acceptors (Lipinski definition) is 11. The summed E-state index contributed by atoms with van der Waals surface area (Å²) >= 11 is 6.11. The third kappa shape index (κ3) is 8.65. The number of aliphatic hydroxyl groups is 4. The van der Waals surface area contributed by atoms with Gasteiger partial charge in [-0.15, -0.1) is 11.6 Å². The molecule has 2 aliphatic carbocycles. The van der Waals surface area contributed by atoms with Crippen molar-refractivity contribution in [1.82, 2.24) is 0 Å². The highest BCUT2D eigenvalue weighted by atomic mass is 35.5. The van der Waals surface area contributed by atoms with Gasteiger partial charge in [0.05, 0.1) is 61.9 Å². The lowest BCUT2D eigenvalue weighted by atomic mass is 9.61. The van der Waals surface area contributed by atoms with E-state index in [0.717, 1.165) is 7.11 Å². The molecule has 2 aliphatic rings. The van der Waals surface area contributed by atoms with E-state index in [0.29, 0.717) is 12.8 Å². The van der Waals surface area contributed by atoms with E-state index in [-0.39, 0.29) is 53.5 Å². The van der Waals surface area contributed by atoms with E-state index in [9.17, 15) is 44.7 Å². The zero-order chi connectivity index (χ0) is 34.3. The van der Waals surface area contributed by atoms with Crippen LogP contribution >= 0.6 is 11.6 Å². The van der Waals surface area contributed by atoms with Gasteiger partial charge in [0.1, 0.15) is 12.2 Å². The summed E-state index contributed by atoms with van der Waals surface area (Å²) in [7, 11) is 2.31. The molecule has 45 heavy (non-hydrogen) atoms. The van der Waals surface area contributed by atoms with Crippen LogP contribution in [0.2, 0.25) is 0 Å². The average molecular weight is 661 g/mol. The molecule has 2 saturated carbocycles. The molecule has 0 aromatic rings. The highest BCUT2D eigenvalue weighted by Crippen LogP contribution is 2.48. The van der Waals surface area contributed by atoms with E-state index >= 15 is 0 Å². The minimum Gasteiger partial charge on any atom is -0.478 e. The Bertz CT molecular complexity index is 1130. The Balaban J connectivity index is 2.50. The Labute approximate surface area is 269 Å². The van der Waals surface area contributed by atoms with Gasteiger partial charge in [-0.1, -0.05) is 39.8 Å². The molecule has 256 valence electrons. The predicted molar refractivity (Wildman–Crippen MR) is 163 cm³/mol. The van der Waals surface area contributed by atoms with Gasteiger partial charge in [-0.05, 0) is 61.2 Å². The molecule has 0 spiro atoms. The van der Waals surface area contributed by atoms with Gasteiger partial charge in [0.15, 0.2) is 0 Å². The number of hydrogen-bond donors (Lipinski definition) is 5. The number of aliphatic hydroxyl groups excluding tert-OH is 2. The number of ether oxygens (including phenoxy) is 3. The third-order valence-corrected chi connectivity index (χ3v) is 10.2. The number of alkyl halides is 1. The summed E-state index contributed by atoms with van der Waals surface area (Å²) in [5.41, 5.74) is -4.17. The first-order chi connectivity index (χ1) is 21.0. The van der Waals surface area contributed by atoms with Gasteiger partial charge in [0, 0.05) is 0 Å². The van der Waals surface area contributed by atoms with Crippen molar-refractivity contribution >= 4 is 35.5 Å². The quantitative estimate of drug-likeness (QED) is 0.0836. The summed E-state index contributed by atoms with van der Waals surface area (Å²) in [5, 5.41) is 52.5. The van der Waals surface area contributed by atoms with Crippen LogP contribution in [0.3, 0.4) is 0 Å². The van der Waals surface area contributed by atoms with Crippen molar-refractivity contribution < 1.29 is 58.9 Å². The largest absolute Gasteiger partial charge is 0.478 e. The van der Waals surface area contributed by atoms with E-state index in [1.807, 2.05) is 27.7 Å². The molecule has 0 aromatic heterocycles. The van der Waals surface area contributed by atoms with Crippen molar-refractivity contribution in [2.75, 3.05) is 39.9 Å². The monoisotopic (exact) mass is 660 g/mol. The zero-order valence-electron chi connectivity index (χ0n) is 26.9. The summed E-state index contributed by atoms with van der Waals surface area (Å²) in [4.78, 5) is 51.2. The van der Waals surface area contributed by atoms with Crippen LogP contribution in [0.5, 0.6) is 0 Å². The maximum Gasteiger partial charge on any atom is 0.336 e. The molecule has 0 radical (unpaired) electrons. The van der Waals surface area contributed by atoms with Crippen molar-refractivity contribution in [3.63, 3.8) is 0 Å². The molecule has 0 aliphatic heterocycles. The maximum atomic E-state index is 13.4. The number of methoxy groups -OCH3 is 2. The summed E-state index contributed by atoms with van der Waals surface area (Å²) in [5.74, 6) is -8.77. The lowest BCUT2D eigenvalue weighted by Gasteiger charge is -2.47. The minimum atomic E-state index is -1.98. The van der Waals surface area contributed by atoms with Crippen molar-refractivity contribution in [1.29, 1.82) is 0 Å². The lowest BCUT2D eigenvalue weighted by Crippen LogP contribution is -2.55. The molecule has 0 saturated heterocycles. The Hall–Kier alpha value is -2.51. The van der Waals surface area contributed by atoms with Crippen LogP contribution in [0.25, 0.3) is 0 Å². The highest BCUT2D eigenvalue weighted by Gasteiger charge is 2.54. The number of carbonyl (C=O) groups is 4. The van der Waals surface area contributed by atoms with Gasteiger partial charge in [0.2, 0.25) is 0 Å². The highest BCUT2D eigenvalue weighted by molar-refractivity contribution is 6.18. The zero-order valence-corrected chi connectivity index (χ0v) is 27.7. The summed E-state index contributed by atoms with van der Waals surface area (Å²) in [6.07, 6.45) is 3.74. The number of allylic oxidation sites excluding steroid dienone is 2. The molecule has 0 bridgehead atoms. The van der Waals surface area contributed by atoms with Crippen LogP contribution in [0, 0.1) is 47.3 Å². The van der Waals surface area contributed by atoms with E-state index < -0.39 is 78.6 Å². The second-order valence-electron chi connectivity index (χ2n) is 13.0. The number of halogens is 1. The molecule has 8 unspecified atom stereocenters. The number of carboxylic acids is 1. The predicted octanol–water partition coefficient (Wildman–Crippen LogP) is 2.10. The first-order valence-corrected chi connectivity index (χ1v) is 15.8. The standard InChI is InChI=1S/C32H49ClO12/c1-17(2)21-7-9-31(41,15-33)25(29(39)43-5)24(21)12-20(14-35)28(38)45-16-32(42)10-8-22(18(3)4)23(26(32)30(40)44-6)11-19(13-34)27(36)37/h11-12,17-18,21-26,34-35,41-42H,7-10,13-16H2,1-6H3,(H,36,37). The van der Waals surface area contributed by atoms with Gasteiger partial charge in [-0.25, -0.2) is 9.59 Å². The molecule has 13 heteroatoms. The maximum absolute atomic E-state index is 13.4. The van der Waals surface area contributed by atoms with Crippen molar-refractivity contribution in [2.24, 2.45) is 47.3 Å². The van der Waals surface area contributed by atoms with Crippen LogP contribution in [-0.4, -0.2) is 101 Å². The van der Waals surface area contributed by atoms with E-state index in [4.69, 9.17) is 25.8 Å². The molecule has 12 nitrogen and oxygen atoms in total. The van der Waals surface area contributed by atoms with Crippen LogP contribution in [0.4, 0.5) is 0 Å². The fourth-order valence-electron chi connectivity index (χ4n) is 7.18. The summed E-state index contributed by atoms with van der Waals surface area (Å²) in [6.45, 7) is 5.39. The summed E-state index contributed by atoms with van der Waals surface area (Å²) < 4.78 is 15.5. The first kappa shape index (κ1) is 38.7. The fraction of sp³-hybridized carbons (Fsp3) is 0.750. The fourth-order valence-corrected chi connectivity index (χ4v) is 7.48. The van der Waals surface area contributed by atoms with E-state index in [2.05, 4.69) is 0 Å². The van der Waals surface area contributed by atoms with Crippen molar-refractivity contribution in [3.05, 3.63) is 23.3 Å². The average Bonchev–Trinajstić information content (AvgIpc) is 2.99. The molecule has 0 amide bonds. The van der Waals surface area contributed by atoms with E-state index in [1.54, 1.807) is 0 Å². The Kier molecular flexibility index (Phi) is 14.1. The molecule has 5 N–H and O–H groups in total. The molecule has 0 aromatic carbocycles. The number of carboxylic acid groups (broad SMARTS) is 1. The molecular formula is C32H49ClO12. The van der Waals surface area contributed by atoms with Crippen molar-refractivity contribution in [3.8, 4) is 0 Å². The van der Waals surface area contributed by atoms with Gasteiger partial charge in [-0.3, -0.25) is 9.59 Å². The second-order valence-corrected chi connectivity index (χ2v) is 13.2. The summed E-state index contributed by atoms with van der Waals surface area (Å²) in [6, 6.07) is 0. The number of rotatable bonds is 13. The van der Waals surface area contributed by atoms with Gasteiger partial charge < -0.3 is 39.7 Å². The number of carbonyl (C=O) groups excluding carboxylic acids is 3. The molecule has 0 heterocycles. The Morgan fingerprint density at radius 3 is 1.60 bits per heavy atom. The molecule has 8 atom stereocenters. The van der Waals surface area contributed by atoms with Gasteiger partial charge in [-0.2, -0.15) is 0 Å². The second kappa shape index (κ2) is 16.4. The Morgan fingerprint density at radius 2 is 1.22 bits per heavy atom. The van der Waals surface area contributed by atoms with Gasteiger partial charge in [0.25, 0.3) is 0 Å². The molecule has 2 fully saturated rings. The number of aliphatic carboxylic acids is 1. The smallest absolute Gasteiger partial charge is 0.336 e. The van der Waals surface area contributed by atoms with Crippen LogP contribution in [-0.2, 0) is 33.4 Å². The normalized spacial score (nSPS) is 32.7. The van der Waals surface area contributed by atoms with Gasteiger partial charge >= 0.3 is 23.9 Å². The van der Waals surface area contributed by atoms with Crippen LogP contribution in [0.1, 0.15) is 53.4 Å².